The highest BCUT2D eigenvalue weighted by molar-refractivity contribution is 5.87. The van der Waals surface area contributed by atoms with Crippen LogP contribution >= 0.6 is 0 Å². The van der Waals surface area contributed by atoms with Gasteiger partial charge in [-0.1, -0.05) is 25.0 Å². The van der Waals surface area contributed by atoms with Crippen LogP contribution in [0.15, 0.2) is 24.3 Å². The zero-order chi connectivity index (χ0) is 18.6. The van der Waals surface area contributed by atoms with Gasteiger partial charge in [-0.25, -0.2) is 4.39 Å². The molecule has 0 aromatic heterocycles. The molecular weight excluding hydrogens is 321 g/mol. The molecule has 1 aromatic rings. The molecule has 2 rings (SSSR count). The number of esters is 1. The normalized spacial score (nSPS) is 16.3. The summed E-state index contributed by atoms with van der Waals surface area (Å²) in [4.78, 5) is 27.0. The van der Waals surface area contributed by atoms with Crippen LogP contribution in [-0.4, -0.2) is 35.5 Å². The zero-order valence-corrected chi connectivity index (χ0v) is 15.5. The van der Waals surface area contributed by atoms with Gasteiger partial charge in [-0.2, -0.15) is 0 Å². The van der Waals surface area contributed by atoms with Crippen molar-refractivity contribution in [2.24, 2.45) is 0 Å². The maximum atomic E-state index is 13.6. The Bertz CT molecular complexity index is 613. The molecule has 0 aliphatic heterocycles. The highest BCUT2D eigenvalue weighted by atomic mass is 19.1. The van der Waals surface area contributed by atoms with E-state index in [1.165, 1.54) is 12.1 Å². The van der Waals surface area contributed by atoms with Crippen LogP contribution in [0.25, 0.3) is 0 Å². The lowest BCUT2D eigenvalue weighted by molar-refractivity contribution is -0.158. The van der Waals surface area contributed by atoms with Crippen molar-refractivity contribution in [1.29, 1.82) is 0 Å². The van der Waals surface area contributed by atoms with Crippen molar-refractivity contribution in [1.82, 2.24) is 4.90 Å². The number of halogens is 1. The Morgan fingerprint density at radius 1 is 1.16 bits per heavy atom. The summed E-state index contributed by atoms with van der Waals surface area (Å²) >= 11 is 0. The third-order valence-electron chi connectivity index (χ3n) is 4.95. The fraction of sp³-hybridized carbons (Fsp3) is 0.600. The Morgan fingerprint density at radius 3 is 2.28 bits per heavy atom. The van der Waals surface area contributed by atoms with E-state index in [0.29, 0.717) is 18.4 Å². The third kappa shape index (κ3) is 4.20. The molecule has 0 heterocycles. The fourth-order valence-electron chi connectivity index (χ4n) is 3.89. The Hall–Kier alpha value is -1.91. The molecule has 1 saturated carbocycles. The molecule has 0 spiro atoms. The Balaban J connectivity index is 2.13. The van der Waals surface area contributed by atoms with E-state index in [2.05, 4.69) is 0 Å². The van der Waals surface area contributed by atoms with Crippen molar-refractivity contribution >= 4 is 11.9 Å². The minimum atomic E-state index is -0.830. The van der Waals surface area contributed by atoms with E-state index in [0.717, 1.165) is 12.8 Å². The lowest BCUT2D eigenvalue weighted by Gasteiger charge is -2.32. The monoisotopic (exact) mass is 349 g/mol. The first-order valence-electron chi connectivity index (χ1n) is 9.02. The largest absolute Gasteiger partial charge is 0.455 e. The number of ether oxygens (including phenoxy) is 1. The maximum absolute atomic E-state index is 13.6. The summed E-state index contributed by atoms with van der Waals surface area (Å²) in [5.41, 5.74) is -0.185. The molecule has 25 heavy (non-hydrogen) atoms. The fourth-order valence-corrected chi connectivity index (χ4v) is 3.89. The lowest BCUT2D eigenvalue weighted by Crippen LogP contribution is -2.45. The van der Waals surface area contributed by atoms with E-state index < -0.39 is 11.4 Å². The third-order valence-corrected chi connectivity index (χ3v) is 4.95. The van der Waals surface area contributed by atoms with Gasteiger partial charge in [-0.15, -0.1) is 0 Å². The molecule has 1 aromatic carbocycles. The first kappa shape index (κ1) is 19.4. The quantitative estimate of drug-likeness (QED) is 0.734. The molecule has 0 N–H and O–H groups in total. The van der Waals surface area contributed by atoms with E-state index in [1.807, 2.05) is 27.7 Å². The number of rotatable bonds is 6. The Kier molecular flexibility index (Phi) is 6.20. The van der Waals surface area contributed by atoms with E-state index >= 15 is 0 Å². The van der Waals surface area contributed by atoms with Crippen LogP contribution in [0, 0.1) is 5.82 Å². The van der Waals surface area contributed by atoms with Crippen molar-refractivity contribution in [3.63, 3.8) is 0 Å². The molecule has 0 unspecified atom stereocenters. The number of amides is 1. The molecule has 0 radical (unpaired) electrons. The molecule has 5 heteroatoms. The molecule has 1 amide bonds. The number of carbonyl (C=O) groups excluding carboxylic acids is 2. The summed E-state index contributed by atoms with van der Waals surface area (Å²) in [7, 11) is 0. The van der Waals surface area contributed by atoms with Gasteiger partial charge in [0.15, 0.2) is 6.61 Å². The number of benzene rings is 1. The van der Waals surface area contributed by atoms with Crippen LogP contribution in [0.4, 0.5) is 4.39 Å². The SMILES string of the molecule is CC(C)N(C(=O)COC(=O)C1(c2cccc(F)c2)CCCC1)C(C)C. The van der Waals surface area contributed by atoms with Crippen molar-refractivity contribution in [3.8, 4) is 0 Å². The van der Waals surface area contributed by atoms with Crippen LogP contribution in [0.3, 0.4) is 0 Å². The molecule has 0 bridgehead atoms. The summed E-state index contributed by atoms with van der Waals surface area (Å²) in [6.07, 6.45) is 3.04. The first-order valence-corrected chi connectivity index (χ1v) is 9.02. The summed E-state index contributed by atoms with van der Waals surface area (Å²) in [6, 6.07) is 6.23. The van der Waals surface area contributed by atoms with Gasteiger partial charge in [-0.05, 0) is 58.2 Å². The summed E-state index contributed by atoms with van der Waals surface area (Å²) in [5, 5.41) is 0. The Labute approximate surface area is 149 Å². The van der Waals surface area contributed by atoms with Crippen molar-refractivity contribution in [2.45, 2.75) is 70.9 Å². The van der Waals surface area contributed by atoms with E-state index in [-0.39, 0.29) is 30.4 Å². The topological polar surface area (TPSA) is 46.6 Å². The van der Waals surface area contributed by atoms with E-state index in [1.54, 1.807) is 17.0 Å². The highest BCUT2D eigenvalue weighted by Gasteiger charge is 2.44. The van der Waals surface area contributed by atoms with Crippen molar-refractivity contribution in [2.75, 3.05) is 6.61 Å². The average Bonchev–Trinajstić information content (AvgIpc) is 3.03. The second kappa shape index (κ2) is 7.98. The molecule has 1 aliphatic rings. The number of hydrogen-bond acceptors (Lipinski definition) is 3. The molecule has 0 atom stereocenters. The second-order valence-corrected chi connectivity index (χ2v) is 7.36. The second-order valence-electron chi connectivity index (χ2n) is 7.36. The zero-order valence-electron chi connectivity index (χ0n) is 15.5. The molecule has 0 saturated heterocycles. The van der Waals surface area contributed by atoms with Crippen LogP contribution in [0.1, 0.15) is 58.9 Å². The smallest absolute Gasteiger partial charge is 0.317 e. The standard InChI is InChI=1S/C20H28FNO3/c1-14(2)22(15(3)4)18(23)13-25-19(24)20(10-5-6-11-20)16-8-7-9-17(21)12-16/h7-9,12,14-15H,5-6,10-11,13H2,1-4H3. The van der Waals surface area contributed by atoms with Gasteiger partial charge in [0.2, 0.25) is 0 Å². The Morgan fingerprint density at radius 2 is 1.76 bits per heavy atom. The summed E-state index contributed by atoms with van der Waals surface area (Å²) in [5.74, 6) is -0.986. The lowest BCUT2D eigenvalue weighted by atomic mass is 9.79. The van der Waals surface area contributed by atoms with Gasteiger partial charge in [-0.3, -0.25) is 9.59 Å². The molecule has 1 aliphatic carbocycles. The van der Waals surface area contributed by atoms with E-state index in [4.69, 9.17) is 4.74 Å². The summed E-state index contributed by atoms with van der Waals surface area (Å²) < 4.78 is 19.1. The molecule has 1 fully saturated rings. The van der Waals surface area contributed by atoms with Crippen LogP contribution in [0.5, 0.6) is 0 Å². The van der Waals surface area contributed by atoms with Gasteiger partial charge in [0.25, 0.3) is 5.91 Å². The highest BCUT2D eigenvalue weighted by Crippen LogP contribution is 2.42. The van der Waals surface area contributed by atoms with Gasteiger partial charge in [0.05, 0.1) is 5.41 Å². The van der Waals surface area contributed by atoms with Gasteiger partial charge in [0.1, 0.15) is 5.82 Å². The first-order chi connectivity index (χ1) is 11.8. The molecule has 4 nitrogen and oxygen atoms in total. The van der Waals surface area contributed by atoms with Crippen LogP contribution in [-0.2, 0) is 19.7 Å². The molecular formula is C20H28FNO3. The van der Waals surface area contributed by atoms with Gasteiger partial charge in [0, 0.05) is 12.1 Å². The average molecular weight is 349 g/mol. The van der Waals surface area contributed by atoms with Crippen LogP contribution < -0.4 is 0 Å². The van der Waals surface area contributed by atoms with E-state index in [9.17, 15) is 14.0 Å². The predicted octanol–water partition coefficient (Wildman–Crippen LogP) is 3.83. The van der Waals surface area contributed by atoms with Crippen LogP contribution in [0.2, 0.25) is 0 Å². The van der Waals surface area contributed by atoms with Gasteiger partial charge >= 0.3 is 5.97 Å². The van der Waals surface area contributed by atoms with Crippen molar-refractivity contribution in [3.05, 3.63) is 35.6 Å². The van der Waals surface area contributed by atoms with Gasteiger partial charge < -0.3 is 9.64 Å². The number of nitrogens with zero attached hydrogens (tertiary/aromatic N) is 1. The summed E-state index contributed by atoms with van der Waals surface area (Å²) in [6.45, 7) is 7.47. The number of hydrogen-bond donors (Lipinski definition) is 0. The minimum Gasteiger partial charge on any atom is -0.455 e. The predicted molar refractivity (Wildman–Crippen MR) is 94.6 cm³/mol. The maximum Gasteiger partial charge on any atom is 0.317 e. The minimum absolute atomic E-state index is 0.0369. The van der Waals surface area contributed by atoms with Crippen molar-refractivity contribution < 1.29 is 18.7 Å². The molecule has 138 valence electrons. The number of carbonyl (C=O) groups is 2.